The van der Waals surface area contributed by atoms with Crippen molar-refractivity contribution < 1.29 is 13.9 Å². The molecule has 1 saturated heterocycles. The maximum absolute atomic E-state index is 12.5. The molecule has 8 nitrogen and oxygen atoms in total. The lowest BCUT2D eigenvalue weighted by molar-refractivity contribution is -0.131. The van der Waals surface area contributed by atoms with Gasteiger partial charge < -0.3 is 14.1 Å². The number of fused-ring (bicyclic) bond motifs is 1. The van der Waals surface area contributed by atoms with Crippen LogP contribution in [0.5, 0.6) is 5.88 Å². The molecule has 1 aromatic carbocycles. The van der Waals surface area contributed by atoms with Gasteiger partial charge >= 0.3 is 5.76 Å². The van der Waals surface area contributed by atoms with Crippen molar-refractivity contribution in [3.63, 3.8) is 0 Å². The number of ether oxygens (including phenoxy) is 1. The maximum atomic E-state index is 12.5. The average molecular weight is 340 g/mol. The zero-order valence-corrected chi connectivity index (χ0v) is 13.4. The van der Waals surface area contributed by atoms with Crippen molar-refractivity contribution >= 4 is 17.0 Å². The number of likely N-dealkylation sites (tertiary alicyclic amines) is 1. The smallest absolute Gasteiger partial charge is 0.420 e. The topological polar surface area (TPSA) is 90.5 Å². The number of oxazole rings is 1. The van der Waals surface area contributed by atoms with E-state index in [1.54, 1.807) is 47.5 Å². The van der Waals surface area contributed by atoms with Gasteiger partial charge in [0.05, 0.1) is 12.1 Å². The van der Waals surface area contributed by atoms with Crippen LogP contribution in [-0.2, 0) is 11.3 Å². The third-order valence-electron chi connectivity index (χ3n) is 4.20. The highest BCUT2D eigenvalue weighted by atomic mass is 16.5. The average Bonchev–Trinajstić information content (AvgIpc) is 3.21. The molecule has 1 atom stereocenters. The Balaban J connectivity index is 1.43. The van der Waals surface area contributed by atoms with E-state index in [-0.39, 0.29) is 18.6 Å². The molecule has 4 rings (SSSR count). The first-order valence-corrected chi connectivity index (χ1v) is 8.01. The van der Waals surface area contributed by atoms with Crippen LogP contribution in [0.15, 0.2) is 51.8 Å². The molecule has 0 saturated carbocycles. The van der Waals surface area contributed by atoms with Crippen LogP contribution in [0.1, 0.15) is 6.42 Å². The minimum Gasteiger partial charge on any atom is -0.471 e. The second kappa shape index (κ2) is 6.39. The van der Waals surface area contributed by atoms with Crippen LogP contribution >= 0.6 is 0 Å². The minimum absolute atomic E-state index is 0.0479. The Kier molecular flexibility index (Phi) is 3.93. The Morgan fingerprint density at radius 3 is 3.00 bits per heavy atom. The van der Waals surface area contributed by atoms with Crippen LogP contribution in [0.2, 0.25) is 0 Å². The standard InChI is InChI=1S/C17H16N4O4/c22-16(11-21-13-4-1-2-5-14(13)25-17(21)23)20-9-7-12(10-20)24-15-6-3-8-18-19-15/h1-6,8,12H,7,9-11H2/t12-/m1/s1. The van der Waals surface area contributed by atoms with Crippen molar-refractivity contribution in [1.29, 1.82) is 0 Å². The van der Waals surface area contributed by atoms with E-state index < -0.39 is 5.76 Å². The van der Waals surface area contributed by atoms with Gasteiger partial charge in [-0.1, -0.05) is 12.1 Å². The number of benzene rings is 1. The van der Waals surface area contributed by atoms with E-state index >= 15 is 0 Å². The Morgan fingerprint density at radius 2 is 2.16 bits per heavy atom. The van der Waals surface area contributed by atoms with E-state index in [1.165, 1.54) is 4.57 Å². The van der Waals surface area contributed by atoms with Gasteiger partial charge in [-0.05, 0) is 18.2 Å². The number of amides is 1. The second-order valence-corrected chi connectivity index (χ2v) is 5.85. The molecule has 1 fully saturated rings. The van der Waals surface area contributed by atoms with Crippen LogP contribution in [0.3, 0.4) is 0 Å². The molecule has 1 aliphatic rings. The predicted molar refractivity (Wildman–Crippen MR) is 88.1 cm³/mol. The fraction of sp³-hybridized carbons (Fsp3) is 0.294. The normalized spacial score (nSPS) is 17.1. The van der Waals surface area contributed by atoms with E-state index in [0.29, 0.717) is 36.5 Å². The second-order valence-electron chi connectivity index (χ2n) is 5.85. The van der Waals surface area contributed by atoms with E-state index in [9.17, 15) is 9.59 Å². The summed E-state index contributed by atoms with van der Waals surface area (Å²) in [5.41, 5.74) is 1.10. The number of carbonyl (C=O) groups excluding carboxylic acids is 1. The lowest BCUT2D eigenvalue weighted by Gasteiger charge is -2.17. The molecule has 0 bridgehead atoms. The molecule has 3 aromatic rings. The molecule has 128 valence electrons. The van der Waals surface area contributed by atoms with Gasteiger partial charge in [-0.2, -0.15) is 5.10 Å². The molecule has 3 heterocycles. The first-order chi connectivity index (χ1) is 12.2. The van der Waals surface area contributed by atoms with E-state index in [0.717, 1.165) is 0 Å². The number of rotatable bonds is 4. The Morgan fingerprint density at radius 1 is 1.28 bits per heavy atom. The molecule has 2 aromatic heterocycles. The van der Waals surface area contributed by atoms with E-state index in [2.05, 4.69) is 10.2 Å². The van der Waals surface area contributed by atoms with Crippen LogP contribution in [0, 0.1) is 0 Å². The van der Waals surface area contributed by atoms with Gasteiger partial charge in [-0.15, -0.1) is 5.10 Å². The number of nitrogens with zero attached hydrogens (tertiary/aromatic N) is 4. The van der Waals surface area contributed by atoms with Gasteiger partial charge in [-0.25, -0.2) is 4.79 Å². The highest BCUT2D eigenvalue weighted by Gasteiger charge is 2.28. The highest BCUT2D eigenvalue weighted by molar-refractivity contribution is 5.79. The molecule has 0 unspecified atom stereocenters. The quantitative estimate of drug-likeness (QED) is 0.705. The zero-order chi connectivity index (χ0) is 17.2. The summed E-state index contributed by atoms with van der Waals surface area (Å²) in [4.78, 5) is 26.2. The lowest BCUT2D eigenvalue weighted by atomic mass is 10.3. The third-order valence-corrected chi connectivity index (χ3v) is 4.20. The summed E-state index contributed by atoms with van der Waals surface area (Å²) in [5.74, 6) is -0.223. The number of carbonyl (C=O) groups is 1. The van der Waals surface area contributed by atoms with Crippen LogP contribution in [0.4, 0.5) is 0 Å². The van der Waals surface area contributed by atoms with Crippen molar-refractivity contribution in [3.8, 4) is 5.88 Å². The number of para-hydroxylation sites is 2. The molecule has 25 heavy (non-hydrogen) atoms. The largest absolute Gasteiger partial charge is 0.471 e. The molecule has 1 amide bonds. The van der Waals surface area contributed by atoms with Gasteiger partial charge in [0.15, 0.2) is 5.58 Å². The van der Waals surface area contributed by atoms with Crippen molar-refractivity contribution in [1.82, 2.24) is 19.7 Å². The summed E-state index contributed by atoms with van der Waals surface area (Å²) in [6.07, 6.45) is 2.16. The van der Waals surface area contributed by atoms with Crippen LogP contribution < -0.4 is 10.5 Å². The Hall–Kier alpha value is -3.16. The summed E-state index contributed by atoms with van der Waals surface area (Å²) in [6, 6.07) is 10.5. The highest BCUT2D eigenvalue weighted by Crippen LogP contribution is 2.17. The van der Waals surface area contributed by atoms with Gasteiger partial charge in [0.2, 0.25) is 11.8 Å². The zero-order valence-electron chi connectivity index (χ0n) is 13.4. The maximum Gasteiger partial charge on any atom is 0.420 e. The molecule has 0 spiro atoms. The molecular weight excluding hydrogens is 324 g/mol. The van der Waals surface area contributed by atoms with Crippen LogP contribution in [-0.4, -0.2) is 44.8 Å². The molecule has 0 N–H and O–H groups in total. The summed E-state index contributed by atoms with van der Waals surface area (Å²) in [6.45, 7) is 0.988. The van der Waals surface area contributed by atoms with Crippen molar-refractivity contribution in [2.24, 2.45) is 0 Å². The molecule has 0 aliphatic carbocycles. The van der Waals surface area contributed by atoms with Gasteiger partial charge in [-0.3, -0.25) is 9.36 Å². The number of hydrogen-bond donors (Lipinski definition) is 0. The summed E-state index contributed by atoms with van der Waals surface area (Å²) < 4.78 is 12.2. The SMILES string of the molecule is O=C(Cn1c(=O)oc2ccccc21)N1CC[C@@H](Oc2cccnn2)C1. The van der Waals surface area contributed by atoms with Gasteiger partial charge in [0.25, 0.3) is 0 Å². The van der Waals surface area contributed by atoms with Gasteiger partial charge in [0.1, 0.15) is 12.6 Å². The summed E-state index contributed by atoms with van der Waals surface area (Å²) in [7, 11) is 0. The third kappa shape index (κ3) is 3.10. The predicted octanol–water partition coefficient (Wildman–Crippen LogP) is 1.06. The molecule has 8 heteroatoms. The first-order valence-electron chi connectivity index (χ1n) is 8.01. The summed E-state index contributed by atoms with van der Waals surface area (Å²) >= 11 is 0. The first kappa shape index (κ1) is 15.4. The molecular formula is C17H16N4O4. The van der Waals surface area contributed by atoms with Crippen LogP contribution in [0.25, 0.3) is 11.1 Å². The number of aromatic nitrogens is 3. The Labute approximate surface area is 142 Å². The Bertz CT molecular complexity index is 950. The van der Waals surface area contributed by atoms with Crippen molar-refractivity contribution in [2.75, 3.05) is 13.1 Å². The molecule has 0 radical (unpaired) electrons. The summed E-state index contributed by atoms with van der Waals surface area (Å²) in [5, 5.41) is 7.65. The fourth-order valence-corrected chi connectivity index (χ4v) is 2.97. The fourth-order valence-electron chi connectivity index (χ4n) is 2.97. The van der Waals surface area contributed by atoms with E-state index in [4.69, 9.17) is 9.15 Å². The van der Waals surface area contributed by atoms with Crippen molar-refractivity contribution in [2.45, 2.75) is 19.1 Å². The lowest BCUT2D eigenvalue weighted by Crippen LogP contribution is -2.35. The minimum atomic E-state index is -0.527. The van der Waals surface area contributed by atoms with E-state index in [1.807, 2.05) is 0 Å². The van der Waals surface area contributed by atoms with Crippen molar-refractivity contribution in [3.05, 3.63) is 53.1 Å². The van der Waals surface area contributed by atoms with Gasteiger partial charge in [0, 0.05) is 25.2 Å². The monoisotopic (exact) mass is 340 g/mol. The number of hydrogen-bond acceptors (Lipinski definition) is 6. The molecule has 1 aliphatic heterocycles.